The standard InChI is InChI=1S/C30H27F2N9O3/c1-3-44-30(43)39-27-22-10-20(14-35-26(22)40-41-27)18-6-4-17(5-7-18)13-34-28-25(38-21(12-33)15-36-28)29(42)37-16(2)19-8-9-23(31)24(32)11-19/h4-11,14-16,30,43H,3,13H2,1-2H3,(H,34,36)(H,37,42)(H2,35,39,40,41)/t16-,30?/m0/s1. The molecule has 0 saturated heterocycles. The Hall–Kier alpha value is -5.52. The molecule has 44 heavy (non-hydrogen) atoms. The molecule has 1 amide bonds. The number of pyridine rings is 1. The van der Waals surface area contributed by atoms with Gasteiger partial charge in [-0.2, -0.15) is 10.4 Å². The van der Waals surface area contributed by atoms with Crippen LogP contribution in [-0.4, -0.2) is 49.2 Å². The molecule has 0 radical (unpaired) electrons. The molecule has 14 heteroatoms. The number of carbonyl (C=O) groups excluding carboxylic acids is 1. The van der Waals surface area contributed by atoms with Crippen molar-refractivity contribution in [2.45, 2.75) is 32.8 Å². The van der Waals surface area contributed by atoms with Gasteiger partial charge in [-0.3, -0.25) is 9.89 Å². The van der Waals surface area contributed by atoms with E-state index in [0.29, 0.717) is 29.0 Å². The molecule has 1 unspecified atom stereocenters. The second-order valence-electron chi connectivity index (χ2n) is 9.63. The largest absolute Gasteiger partial charge is 0.364 e. The molecule has 0 fully saturated rings. The first-order valence-corrected chi connectivity index (χ1v) is 13.5. The fourth-order valence-corrected chi connectivity index (χ4v) is 4.35. The number of benzene rings is 2. The molecular formula is C30H27F2N9O3. The van der Waals surface area contributed by atoms with Crippen molar-refractivity contribution in [1.29, 1.82) is 5.26 Å². The Morgan fingerprint density at radius 1 is 1.07 bits per heavy atom. The number of aliphatic hydroxyl groups excluding tert-OH is 1. The number of nitriles is 1. The zero-order valence-electron chi connectivity index (χ0n) is 23.6. The summed E-state index contributed by atoms with van der Waals surface area (Å²) < 4.78 is 32.2. The van der Waals surface area contributed by atoms with E-state index in [0.717, 1.165) is 28.8 Å². The number of aliphatic hydroxyl groups is 1. The number of anilines is 2. The summed E-state index contributed by atoms with van der Waals surface area (Å²) in [4.78, 5) is 25.8. The van der Waals surface area contributed by atoms with Gasteiger partial charge in [-0.15, -0.1) is 0 Å². The van der Waals surface area contributed by atoms with Crippen LogP contribution in [0.4, 0.5) is 20.4 Å². The zero-order chi connectivity index (χ0) is 31.2. The second kappa shape index (κ2) is 13.2. The Morgan fingerprint density at radius 2 is 1.86 bits per heavy atom. The van der Waals surface area contributed by atoms with Crippen LogP contribution in [0.3, 0.4) is 0 Å². The number of nitrogens with one attached hydrogen (secondary N) is 4. The molecule has 224 valence electrons. The fraction of sp³-hybridized carbons (Fsp3) is 0.200. The first-order valence-electron chi connectivity index (χ1n) is 13.5. The van der Waals surface area contributed by atoms with Crippen molar-refractivity contribution in [2.75, 3.05) is 17.2 Å². The van der Waals surface area contributed by atoms with E-state index in [1.54, 1.807) is 20.0 Å². The first-order chi connectivity index (χ1) is 21.2. The minimum atomic E-state index is -1.21. The normalized spacial score (nSPS) is 12.4. The number of aromatic nitrogens is 5. The van der Waals surface area contributed by atoms with E-state index < -0.39 is 30.0 Å². The Bertz CT molecular complexity index is 1840. The SMILES string of the molecule is CCOC(O)Nc1n[nH]c2ncc(-c3ccc(CNc4ncc(C#N)nc4C(=O)N[C@@H](C)c4ccc(F)c(F)c4)cc3)cc12. The summed E-state index contributed by atoms with van der Waals surface area (Å²) >= 11 is 0. The lowest BCUT2D eigenvalue weighted by Crippen LogP contribution is -2.29. The van der Waals surface area contributed by atoms with Gasteiger partial charge >= 0.3 is 0 Å². The van der Waals surface area contributed by atoms with Gasteiger partial charge in [0.1, 0.15) is 6.07 Å². The molecule has 3 aromatic heterocycles. The number of hydrogen-bond acceptors (Lipinski definition) is 10. The smallest absolute Gasteiger partial charge is 0.274 e. The van der Waals surface area contributed by atoms with Crippen molar-refractivity contribution in [2.24, 2.45) is 0 Å². The molecule has 0 spiro atoms. The lowest BCUT2D eigenvalue weighted by molar-refractivity contribution is -0.0732. The highest BCUT2D eigenvalue weighted by atomic mass is 19.2. The monoisotopic (exact) mass is 599 g/mol. The van der Waals surface area contributed by atoms with Gasteiger partial charge in [0.05, 0.1) is 17.6 Å². The maximum Gasteiger partial charge on any atom is 0.274 e. The van der Waals surface area contributed by atoms with Gasteiger partial charge in [0, 0.05) is 24.9 Å². The molecule has 0 aliphatic heterocycles. The Morgan fingerprint density at radius 3 is 2.59 bits per heavy atom. The van der Waals surface area contributed by atoms with Gasteiger partial charge in [0.25, 0.3) is 5.91 Å². The highest BCUT2D eigenvalue weighted by Gasteiger charge is 2.20. The van der Waals surface area contributed by atoms with Crippen LogP contribution < -0.4 is 16.0 Å². The number of fused-ring (bicyclic) bond motifs is 1. The molecular weight excluding hydrogens is 572 g/mol. The summed E-state index contributed by atoms with van der Waals surface area (Å²) in [6.45, 7) is 3.99. The number of rotatable bonds is 11. The van der Waals surface area contributed by atoms with Crippen molar-refractivity contribution in [3.05, 3.63) is 95.1 Å². The van der Waals surface area contributed by atoms with Crippen LogP contribution in [0.5, 0.6) is 0 Å². The summed E-state index contributed by atoms with van der Waals surface area (Å²) in [5.41, 5.74) is 3.29. The summed E-state index contributed by atoms with van der Waals surface area (Å²) in [6.07, 6.45) is 1.74. The van der Waals surface area contributed by atoms with Crippen LogP contribution >= 0.6 is 0 Å². The highest BCUT2D eigenvalue weighted by molar-refractivity contribution is 5.97. The van der Waals surface area contributed by atoms with Crippen LogP contribution in [0.1, 0.15) is 47.2 Å². The third-order valence-corrected chi connectivity index (χ3v) is 6.64. The molecule has 5 rings (SSSR count). The predicted molar refractivity (Wildman–Crippen MR) is 157 cm³/mol. The van der Waals surface area contributed by atoms with Gasteiger partial charge in [0.15, 0.2) is 40.3 Å². The number of carbonyl (C=O) groups is 1. The number of ether oxygens (including phenoxy) is 1. The number of H-pyrrole nitrogens is 1. The van der Waals surface area contributed by atoms with Crippen molar-refractivity contribution in [1.82, 2.24) is 30.5 Å². The van der Waals surface area contributed by atoms with Gasteiger partial charge in [-0.25, -0.2) is 23.7 Å². The van der Waals surface area contributed by atoms with Crippen LogP contribution in [0.2, 0.25) is 0 Å². The third kappa shape index (κ3) is 6.75. The number of nitrogens with zero attached hydrogens (tertiary/aromatic N) is 5. The van der Waals surface area contributed by atoms with E-state index in [-0.39, 0.29) is 23.8 Å². The van der Waals surface area contributed by atoms with E-state index in [1.807, 2.05) is 36.4 Å². The van der Waals surface area contributed by atoms with Crippen LogP contribution in [0.15, 0.2) is 60.9 Å². The van der Waals surface area contributed by atoms with E-state index in [1.165, 1.54) is 12.3 Å². The number of hydrogen-bond donors (Lipinski definition) is 5. The average Bonchev–Trinajstić information content (AvgIpc) is 3.43. The molecule has 5 aromatic rings. The molecule has 5 N–H and O–H groups in total. The molecule has 12 nitrogen and oxygen atoms in total. The molecule has 2 aromatic carbocycles. The fourth-order valence-electron chi connectivity index (χ4n) is 4.35. The van der Waals surface area contributed by atoms with Crippen LogP contribution in [0, 0.1) is 23.0 Å². The maximum absolute atomic E-state index is 13.7. The lowest BCUT2D eigenvalue weighted by Gasteiger charge is -2.16. The minimum absolute atomic E-state index is 0.0560. The van der Waals surface area contributed by atoms with E-state index in [2.05, 4.69) is 41.1 Å². The lowest BCUT2D eigenvalue weighted by atomic mass is 10.0. The quantitative estimate of drug-likeness (QED) is 0.137. The third-order valence-electron chi connectivity index (χ3n) is 6.64. The summed E-state index contributed by atoms with van der Waals surface area (Å²) in [5.74, 6) is -2.11. The van der Waals surface area contributed by atoms with E-state index in [9.17, 15) is 23.9 Å². The van der Waals surface area contributed by atoms with Crippen molar-refractivity contribution >= 4 is 28.6 Å². The number of amides is 1. The van der Waals surface area contributed by atoms with E-state index in [4.69, 9.17) is 4.74 Å². The van der Waals surface area contributed by atoms with Gasteiger partial charge in [-0.05, 0) is 48.7 Å². The highest BCUT2D eigenvalue weighted by Crippen LogP contribution is 2.27. The van der Waals surface area contributed by atoms with Crippen molar-refractivity contribution in [3.63, 3.8) is 0 Å². The van der Waals surface area contributed by atoms with Crippen LogP contribution in [-0.2, 0) is 11.3 Å². The minimum Gasteiger partial charge on any atom is -0.364 e. The average molecular weight is 600 g/mol. The van der Waals surface area contributed by atoms with Gasteiger partial charge in [0.2, 0.25) is 6.41 Å². The molecule has 0 aliphatic carbocycles. The van der Waals surface area contributed by atoms with Gasteiger partial charge in [-0.1, -0.05) is 30.3 Å². The first kappa shape index (κ1) is 30.0. The predicted octanol–water partition coefficient (Wildman–Crippen LogP) is 4.39. The van der Waals surface area contributed by atoms with Gasteiger partial charge < -0.3 is 25.8 Å². The van der Waals surface area contributed by atoms with Crippen LogP contribution in [0.25, 0.3) is 22.2 Å². The topological polar surface area (TPSA) is 174 Å². The molecule has 0 aliphatic rings. The Labute approximate surface area is 250 Å². The Balaban J connectivity index is 1.29. The summed E-state index contributed by atoms with van der Waals surface area (Å²) in [6, 6.07) is 14.0. The summed E-state index contributed by atoms with van der Waals surface area (Å²) in [5, 5.41) is 35.4. The van der Waals surface area contributed by atoms with E-state index >= 15 is 0 Å². The van der Waals surface area contributed by atoms with Crippen molar-refractivity contribution < 1.29 is 23.4 Å². The second-order valence-corrected chi connectivity index (χ2v) is 9.63. The van der Waals surface area contributed by atoms with Crippen molar-refractivity contribution in [3.8, 4) is 17.2 Å². The molecule has 0 saturated carbocycles. The molecule has 0 bridgehead atoms. The molecule has 3 heterocycles. The number of halogens is 2. The zero-order valence-corrected chi connectivity index (χ0v) is 23.6. The molecule has 2 atom stereocenters. The maximum atomic E-state index is 13.7. The Kier molecular flexibility index (Phi) is 8.98. The number of aromatic amines is 1. The summed E-state index contributed by atoms with van der Waals surface area (Å²) in [7, 11) is 0.